The summed E-state index contributed by atoms with van der Waals surface area (Å²) in [7, 11) is 0. The van der Waals surface area contributed by atoms with Crippen LogP contribution < -0.4 is 10.6 Å². The first-order chi connectivity index (χ1) is 13.4. The van der Waals surface area contributed by atoms with Gasteiger partial charge in [0, 0.05) is 17.3 Å². The molecule has 2 aromatic rings. The predicted octanol–water partition coefficient (Wildman–Crippen LogP) is 2.32. The fourth-order valence-electron chi connectivity index (χ4n) is 4.53. The Morgan fingerprint density at radius 1 is 0.964 bits per heavy atom. The van der Waals surface area contributed by atoms with Crippen molar-refractivity contribution in [3.63, 3.8) is 0 Å². The van der Waals surface area contributed by atoms with Crippen LogP contribution in [0.5, 0.6) is 0 Å². The standard InChI is InChI=1S/C20H22FN5O2/c1-13-9-22-11-16(24-13)18(28)26-20-6-2-5-19(12-20,7-8-20)25-17(27)15-4-3-14(21)10-23-15/h3-4,9-11H,2,5-8,12H2,1H3,(H,25,27)(H,26,28). The first-order valence-corrected chi connectivity index (χ1v) is 9.44. The lowest BCUT2D eigenvalue weighted by atomic mass is 9.78. The zero-order valence-electron chi connectivity index (χ0n) is 15.7. The van der Waals surface area contributed by atoms with Gasteiger partial charge in [-0.25, -0.2) is 14.4 Å². The summed E-state index contributed by atoms with van der Waals surface area (Å²) in [4.78, 5) is 37.4. The van der Waals surface area contributed by atoms with Crippen LogP contribution in [0.4, 0.5) is 4.39 Å². The monoisotopic (exact) mass is 383 g/mol. The van der Waals surface area contributed by atoms with E-state index >= 15 is 0 Å². The molecule has 8 heteroatoms. The molecule has 2 aliphatic rings. The van der Waals surface area contributed by atoms with Gasteiger partial charge in [-0.15, -0.1) is 0 Å². The Hall–Kier alpha value is -2.90. The minimum absolute atomic E-state index is 0.193. The molecule has 7 nitrogen and oxygen atoms in total. The maximum atomic E-state index is 13.0. The van der Waals surface area contributed by atoms with Crippen molar-refractivity contribution in [3.8, 4) is 0 Å². The predicted molar refractivity (Wildman–Crippen MR) is 99.1 cm³/mol. The third kappa shape index (κ3) is 3.58. The molecule has 2 aromatic heterocycles. The van der Waals surface area contributed by atoms with Crippen molar-refractivity contribution in [2.24, 2.45) is 0 Å². The Labute approximate surface area is 162 Å². The average Bonchev–Trinajstić information content (AvgIpc) is 2.92. The Bertz CT molecular complexity index is 919. The van der Waals surface area contributed by atoms with Gasteiger partial charge in [-0.1, -0.05) is 0 Å². The van der Waals surface area contributed by atoms with Gasteiger partial charge < -0.3 is 10.6 Å². The molecule has 2 aliphatic carbocycles. The number of pyridine rings is 1. The quantitative estimate of drug-likeness (QED) is 0.845. The molecular formula is C20H22FN5O2. The zero-order chi connectivity index (χ0) is 19.8. The molecule has 2 fully saturated rings. The number of halogens is 1. The summed E-state index contributed by atoms with van der Waals surface area (Å²) in [6.45, 7) is 1.79. The molecule has 2 unspecified atom stereocenters. The van der Waals surface area contributed by atoms with E-state index in [0.29, 0.717) is 17.8 Å². The van der Waals surface area contributed by atoms with Crippen molar-refractivity contribution < 1.29 is 14.0 Å². The van der Waals surface area contributed by atoms with Crippen molar-refractivity contribution >= 4 is 11.8 Å². The molecule has 2 saturated carbocycles. The van der Waals surface area contributed by atoms with Gasteiger partial charge in [-0.3, -0.25) is 14.6 Å². The van der Waals surface area contributed by atoms with Crippen LogP contribution in [0.25, 0.3) is 0 Å². The third-order valence-corrected chi connectivity index (χ3v) is 5.77. The lowest BCUT2D eigenvalue weighted by Crippen LogP contribution is -2.55. The molecule has 4 rings (SSSR count). The fraction of sp³-hybridized carbons (Fsp3) is 0.450. The summed E-state index contributed by atoms with van der Waals surface area (Å²) in [5.74, 6) is -1.02. The van der Waals surface area contributed by atoms with E-state index < -0.39 is 5.82 Å². The molecule has 0 aliphatic heterocycles. The van der Waals surface area contributed by atoms with Gasteiger partial charge >= 0.3 is 0 Å². The normalized spacial score (nSPS) is 25.9. The van der Waals surface area contributed by atoms with Crippen LogP contribution in [-0.2, 0) is 0 Å². The number of hydrogen-bond donors (Lipinski definition) is 2. The molecule has 28 heavy (non-hydrogen) atoms. The topological polar surface area (TPSA) is 96.9 Å². The van der Waals surface area contributed by atoms with E-state index in [4.69, 9.17) is 0 Å². The summed E-state index contributed by atoms with van der Waals surface area (Å²) in [5, 5.41) is 6.26. The molecule has 2 N–H and O–H groups in total. The number of fused-ring (bicyclic) bond motifs is 2. The molecule has 2 heterocycles. The number of nitrogens with zero attached hydrogens (tertiary/aromatic N) is 3. The van der Waals surface area contributed by atoms with E-state index in [9.17, 15) is 14.0 Å². The minimum atomic E-state index is -0.478. The molecule has 0 spiro atoms. The highest BCUT2D eigenvalue weighted by Gasteiger charge is 2.52. The van der Waals surface area contributed by atoms with Gasteiger partial charge in [0.05, 0.1) is 18.1 Å². The van der Waals surface area contributed by atoms with Crippen LogP contribution >= 0.6 is 0 Å². The number of amides is 2. The molecule has 0 aromatic carbocycles. The Morgan fingerprint density at radius 3 is 2.25 bits per heavy atom. The van der Waals surface area contributed by atoms with E-state index in [1.807, 2.05) is 0 Å². The maximum absolute atomic E-state index is 13.0. The average molecular weight is 383 g/mol. The number of nitrogens with one attached hydrogen (secondary N) is 2. The zero-order valence-corrected chi connectivity index (χ0v) is 15.7. The second kappa shape index (κ2) is 6.92. The number of hydrogen-bond acceptors (Lipinski definition) is 5. The Morgan fingerprint density at radius 2 is 1.64 bits per heavy atom. The van der Waals surface area contributed by atoms with Crippen molar-refractivity contribution in [1.29, 1.82) is 0 Å². The van der Waals surface area contributed by atoms with Gasteiger partial charge in [0.15, 0.2) is 0 Å². The van der Waals surface area contributed by atoms with E-state index in [1.165, 1.54) is 18.3 Å². The van der Waals surface area contributed by atoms with Crippen molar-refractivity contribution in [3.05, 3.63) is 53.6 Å². The SMILES string of the molecule is Cc1cncc(C(=O)NC23CCCC(NC(=O)c4ccc(F)cn4)(CC2)C3)n1. The Balaban J connectivity index is 1.47. The van der Waals surface area contributed by atoms with Crippen LogP contribution in [0.15, 0.2) is 30.7 Å². The van der Waals surface area contributed by atoms with E-state index in [1.54, 1.807) is 13.1 Å². The lowest BCUT2D eigenvalue weighted by molar-refractivity contribution is 0.0826. The van der Waals surface area contributed by atoms with Crippen molar-refractivity contribution in [1.82, 2.24) is 25.6 Å². The van der Waals surface area contributed by atoms with Crippen LogP contribution in [0.1, 0.15) is 65.2 Å². The van der Waals surface area contributed by atoms with Gasteiger partial charge in [0.1, 0.15) is 17.2 Å². The van der Waals surface area contributed by atoms with Crippen LogP contribution in [0, 0.1) is 12.7 Å². The molecule has 2 bridgehead atoms. The fourth-order valence-corrected chi connectivity index (χ4v) is 4.53. The first kappa shape index (κ1) is 18.5. The smallest absolute Gasteiger partial charge is 0.271 e. The first-order valence-electron chi connectivity index (χ1n) is 9.44. The van der Waals surface area contributed by atoms with Crippen LogP contribution in [-0.4, -0.2) is 37.8 Å². The highest BCUT2D eigenvalue weighted by molar-refractivity contribution is 5.93. The molecule has 2 amide bonds. The van der Waals surface area contributed by atoms with E-state index in [0.717, 1.165) is 38.3 Å². The van der Waals surface area contributed by atoms with E-state index in [2.05, 4.69) is 25.6 Å². The molecule has 0 saturated heterocycles. The number of aryl methyl sites for hydroxylation is 1. The molecular weight excluding hydrogens is 361 g/mol. The molecule has 2 atom stereocenters. The largest absolute Gasteiger partial charge is 0.345 e. The van der Waals surface area contributed by atoms with Gasteiger partial charge in [-0.2, -0.15) is 0 Å². The second-order valence-corrected chi connectivity index (χ2v) is 7.91. The van der Waals surface area contributed by atoms with Crippen LogP contribution in [0.3, 0.4) is 0 Å². The van der Waals surface area contributed by atoms with Gasteiger partial charge in [0.25, 0.3) is 11.8 Å². The number of carbonyl (C=O) groups is 2. The lowest BCUT2D eigenvalue weighted by Gasteiger charge is -2.40. The van der Waals surface area contributed by atoms with Gasteiger partial charge in [0.2, 0.25) is 0 Å². The second-order valence-electron chi connectivity index (χ2n) is 7.91. The maximum Gasteiger partial charge on any atom is 0.271 e. The minimum Gasteiger partial charge on any atom is -0.345 e. The number of carbonyl (C=O) groups excluding carboxylic acids is 2. The van der Waals surface area contributed by atoms with Crippen LogP contribution in [0.2, 0.25) is 0 Å². The van der Waals surface area contributed by atoms with Gasteiger partial charge in [-0.05, 0) is 57.6 Å². The van der Waals surface area contributed by atoms with E-state index in [-0.39, 0.29) is 28.6 Å². The number of aromatic nitrogens is 3. The van der Waals surface area contributed by atoms with Crippen molar-refractivity contribution in [2.75, 3.05) is 0 Å². The van der Waals surface area contributed by atoms with Crippen molar-refractivity contribution in [2.45, 2.75) is 56.5 Å². The summed E-state index contributed by atoms with van der Waals surface area (Å²) < 4.78 is 13.0. The summed E-state index contributed by atoms with van der Waals surface area (Å²) in [5.41, 5.74) is 0.449. The highest BCUT2D eigenvalue weighted by Crippen LogP contribution is 2.48. The Kier molecular flexibility index (Phi) is 4.56. The third-order valence-electron chi connectivity index (χ3n) is 5.77. The summed E-state index contributed by atoms with van der Waals surface area (Å²) >= 11 is 0. The molecule has 0 radical (unpaired) electrons. The number of rotatable bonds is 4. The summed E-state index contributed by atoms with van der Waals surface area (Å²) in [6.07, 6.45) is 8.95. The summed E-state index contributed by atoms with van der Waals surface area (Å²) in [6, 6.07) is 2.60. The molecule has 146 valence electrons. The highest BCUT2D eigenvalue weighted by atomic mass is 19.1.